The highest BCUT2D eigenvalue weighted by Gasteiger charge is 2.14. The number of benzene rings is 2. The second-order valence-electron chi connectivity index (χ2n) is 6.39. The quantitative estimate of drug-likeness (QED) is 0.506. The Bertz CT molecular complexity index is 1030. The van der Waals surface area contributed by atoms with E-state index in [0.29, 0.717) is 23.8 Å². The summed E-state index contributed by atoms with van der Waals surface area (Å²) >= 11 is 1.29. The van der Waals surface area contributed by atoms with Gasteiger partial charge in [0.2, 0.25) is 5.91 Å². The molecule has 1 aromatic heterocycles. The lowest BCUT2D eigenvalue weighted by molar-refractivity contribution is -0.113. The molecule has 0 atom stereocenters. The number of carboxylic acid groups (broad SMARTS) is 1. The second kappa shape index (κ2) is 9.93. The third-order valence-electron chi connectivity index (χ3n) is 4.36. The summed E-state index contributed by atoms with van der Waals surface area (Å²) in [6, 6.07) is 13.9. The largest absolute Gasteiger partial charge is 0.497 e. The van der Waals surface area contributed by atoms with Gasteiger partial charge in [0.1, 0.15) is 11.6 Å². The topological polar surface area (TPSA) is 106 Å². The number of thioether (sulfide) groups is 1. The van der Waals surface area contributed by atoms with Gasteiger partial charge in [-0.15, -0.1) is 10.2 Å². The van der Waals surface area contributed by atoms with E-state index in [-0.39, 0.29) is 17.2 Å². The molecule has 0 saturated heterocycles. The molecule has 2 aromatic carbocycles. The summed E-state index contributed by atoms with van der Waals surface area (Å²) in [6.45, 7) is 2.69. The van der Waals surface area contributed by atoms with E-state index in [9.17, 15) is 9.59 Å². The van der Waals surface area contributed by atoms with E-state index < -0.39 is 5.97 Å². The molecule has 0 aliphatic carbocycles. The van der Waals surface area contributed by atoms with E-state index in [1.807, 2.05) is 35.8 Å². The molecule has 8 nitrogen and oxygen atoms in total. The number of ether oxygens (including phenoxy) is 1. The molecule has 0 aliphatic rings. The van der Waals surface area contributed by atoms with E-state index in [0.717, 1.165) is 17.1 Å². The molecule has 2 N–H and O–H groups in total. The maximum atomic E-state index is 12.3. The van der Waals surface area contributed by atoms with Gasteiger partial charge in [-0.2, -0.15) is 0 Å². The minimum Gasteiger partial charge on any atom is -0.497 e. The van der Waals surface area contributed by atoms with Crippen molar-refractivity contribution in [3.05, 3.63) is 65.5 Å². The van der Waals surface area contributed by atoms with Gasteiger partial charge in [0, 0.05) is 18.7 Å². The number of hydrogen-bond donors (Lipinski definition) is 2. The first kappa shape index (κ1) is 21.4. The van der Waals surface area contributed by atoms with Crippen LogP contribution in [-0.4, -0.2) is 44.6 Å². The number of nitrogens with one attached hydrogen (secondary N) is 1. The number of hydrogen-bond acceptors (Lipinski definition) is 6. The lowest BCUT2D eigenvalue weighted by Gasteiger charge is -2.08. The van der Waals surface area contributed by atoms with Crippen molar-refractivity contribution in [2.45, 2.75) is 25.0 Å². The molecule has 0 spiro atoms. The van der Waals surface area contributed by atoms with Crippen molar-refractivity contribution in [3.8, 4) is 5.75 Å². The van der Waals surface area contributed by atoms with Crippen molar-refractivity contribution >= 4 is 29.3 Å². The molecule has 30 heavy (non-hydrogen) atoms. The van der Waals surface area contributed by atoms with Crippen LogP contribution in [0, 0.1) is 0 Å². The maximum Gasteiger partial charge on any atom is 0.335 e. The minimum absolute atomic E-state index is 0.120. The fraction of sp³-hybridized carbons (Fsp3) is 0.238. The van der Waals surface area contributed by atoms with Crippen LogP contribution in [0.2, 0.25) is 0 Å². The monoisotopic (exact) mass is 426 g/mol. The molecule has 1 heterocycles. The molecule has 0 unspecified atom stereocenters. The highest BCUT2D eigenvalue weighted by Crippen LogP contribution is 2.20. The van der Waals surface area contributed by atoms with Crippen molar-refractivity contribution in [1.82, 2.24) is 14.8 Å². The maximum absolute atomic E-state index is 12.3. The smallest absolute Gasteiger partial charge is 0.335 e. The summed E-state index contributed by atoms with van der Waals surface area (Å²) in [4.78, 5) is 23.3. The van der Waals surface area contributed by atoms with Crippen LogP contribution >= 0.6 is 11.8 Å². The lowest BCUT2D eigenvalue weighted by Crippen LogP contribution is -2.15. The van der Waals surface area contributed by atoms with Crippen molar-refractivity contribution in [2.24, 2.45) is 0 Å². The Balaban J connectivity index is 1.62. The molecule has 3 aromatic rings. The van der Waals surface area contributed by atoms with Crippen LogP contribution in [0.3, 0.4) is 0 Å². The standard InChI is InChI=1S/C21H22N4O4S/c1-3-25-18(11-14-7-9-17(29-2)10-8-14)23-24-21(25)30-13-19(26)22-16-6-4-5-15(12-16)20(27)28/h4-10,12H,3,11,13H2,1-2H3,(H,22,26)(H,27,28). The first-order valence-electron chi connectivity index (χ1n) is 9.31. The number of nitrogens with zero attached hydrogens (tertiary/aromatic N) is 3. The van der Waals surface area contributed by atoms with E-state index in [4.69, 9.17) is 9.84 Å². The van der Waals surface area contributed by atoms with Crippen LogP contribution in [0.5, 0.6) is 5.75 Å². The normalized spacial score (nSPS) is 10.6. The average Bonchev–Trinajstić information content (AvgIpc) is 3.14. The number of amides is 1. The molecule has 9 heteroatoms. The zero-order valence-electron chi connectivity index (χ0n) is 16.7. The van der Waals surface area contributed by atoms with Crippen molar-refractivity contribution < 1.29 is 19.4 Å². The Morgan fingerprint density at radius 2 is 1.93 bits per heavy atom. The number of carbonyl (C=O) groups excluding carboxylic acids is 1. The predicted molar refractivity (Wildman–Crippen MR) is 114 cm³/mol. The Morgan fingerprint density at radius 1 is 1.17 bits per heavy atom. The number of methoxy groups -OCH3 is 1. The van der Waals surface area contributed by atoms with Crippen LogP contribution in [0.1, 0.15) is 28.7 Å². The predicted octanol–water partition coefficient (Wildman–Crippen LogP) is 3.33. The highest BCUT2D eigenvalue weighted by atomic mass is 32.2. The van der Waals surface area contributed by atoms with Crippen LogP contribution < -0.4 is 10.1 Å². The summed E-state index contributed by atoms with van der Waals surface area (Å²) in [7, 11) is 1.63. The van der Waals surface area contributed by atoms with Crippen molar-refractivity contribution in [3.63, 3.8) is 0 Å². The van der Waals surface area contributed by atoms with Crippen LogP contribution in [-0.2, 0) is 17.8 Å². The second-order valence-corrected chi connectivity index (χ2v) is 7.33. The van der Waals surface area contributed by atoms with Crippen LogP contribution in [0.4, 0.5) is 5.69 Å². The fourth-order valence-electron chi connectivity index (χ4n) is 2.86. The third-order valence-corrected chi connectivity index (χ3v) is 5.32. The first-order valence-corrected chi connectivity index (χ1v) is 10.3. The number of carbonyl (C=O) groups is 2. The van der Waals surface area contributed by atoms with E-state index in [1.54, 1.807) is 19.2 Å². The van der Waals surface area contributed by atoms with E-state index in [2.05, 4.69) is 15.5 Å². The van der Waals surface area contributed by atoms with Gasteiger partial charge < -0.3 is 19.7 Å². The van der Waals surface area contributed by atoms with E-state index >= 15 is 0 Å². The molecular weight excluding hydrogens is 404 g/mol. The van der Waals surface area contributed by atoms with Gasteiger partial charge in [-0.25, -0.2) is 4.79 Å². The van der Waals surface area contributed by atoms with Gasteiger partial charge in [-0.05, 0) is 42.8 Å². The summed E-state index contributed by atoms with van der Waals surface area (Å²) in [6.07, 6.45) is 0.625. The zero-order valence-corrected chi connectivity index (χ0v) is 17.5. The molecule has 3 rings (SSSR count). The fourth-order valence-corrected chi connectivity index (χ4v) is 3.68. The summed E-state index contributed by atoms with van der Waals surface area (Å²) < 4.78 is 7.16. The Labute approximate surface area is 178 Å². The van der Waals surface area contributed by atoms with Crippen molar-refractivity contribution in [2.75, 3.05) is 18.2 Å². The number of anilines is 1. The molecule has 156 valence electrons. The Hall–Kier alpha value is -3.33. The summed E-state index contributed by atoms with van der Waals surface area (Å²) in [5.41, 5.74) is 1.65. The first-order chi connectivity index (χ1) is 14.5. The van der Waals surface area contributed by atoms with Gasteiger partial charge in [0.15, 0.2) is 5.16 Å². The molecular formula is C21H22N4O4S. The SMILES string of the molecule is CCn1c(Cc2ccc(OC)cc2)nnc1SCC(=O)Nc1cccc(C(=O)O)c1. The van der Waals surface area contributed by atoms with Gasteiger partial charge in [0.05, 0.1) is 18.4 Å². The summed E-state index contributed by atoms with van der Waals surface area (Å²) in [5.74, 6) is 0.468. The summed E-state index contributed by atoms with van der Waals surface area (Å²) in [5, 5.41) is 20.9. The van der Waals surface area contributed by atoms with Crippen LogP contribution in [0.25, 0.3) is 0 Å². The van der Waals surface area contributed by atoms with Crippen molar-refractivity contribution in [1.29, 1.82) is 0 Å². The number of aromatic nitrogens is 3. The third kappa shape index (κ3) is 5.38. The van der Waals surface area contributed by atoms with Crippen LogP contribution in [0.15, 0.2) is 53.7 Å². The molecule has 0 bridgehead atoms. The number of aromatic carboxylic acids is 1. The van der Waals surface area contributed by atoms with Gasteiger partial charge >= 0.3 is 5.97 Å². The minimum atomic E-state index is -1.04. The molecule has 0 aliphatic heterocycles. The lowest BCUT2D eigenvalue weighted by atomic mass is 10.1. The van der Waals surface area contributed by atoms with Gasteiger partial charge in [-0.1, -0.05) is 30.0 Å². The molecule has 1 amide bonds. The molecule has 0 radical (unpaired) electrons. The van der Waals surface area contributed by atoms with Gasteiger partial charge in [-0.3, -0.25) is 4.79 Å². The van der Waals surface area contributed by atoms with E-state index in [1.165, 1.54) is 23.9 Å². The average molecular weight is 426 g/mol. The zero-order chi connectivity index (χ0) is 21.5. The number of rotatable bonds is 9. The number of carboxylic acids is 1. The molecule has 0 fully saturated rings. The van der Waals surface area contributed by atoms with Gasteiger partial charge in [0.25, 0.3) is 0 Å². The Morgan fingerprint density at radius 3 is 2.60 bits per heavy atom. The highest BCUT2D eigenvalue weighted by molar-refractivity contribution is 7.99. The molecule has 0 saturated carbocycles. The Kier molecular flexibility index (Phi) is 7.08.